The van der Waals surface area contributed by atoms with Gasteiger partial charge in [0.05, 0.1) is 6.26 Å². The molecule has 4 amide bonds. The van der Waals surface area contributed by atoms with E-state index in [-0.39, 0.29) is 18.6 Å². The molecule has 1 heterocycles. The first-order valence-electron chi connectivity index (χ1n) is 12.9. The van der Waals surface area contributed by atoms with Crippen molar-refractivity contribution in [1.29, 1.82) is 0 Å². The lowest BCUT2D eigenvalue weighted by molar-refractivity contribution is -0.130. The summed E-state index contributed by atoms with van der Waals surface area (Å²) >= 11 is 0. The van der Waals surface area contributed by atoms with Crippen LogP contribution in [0.2, 0.25) is 0 Å². The van der Waals surface area contributed by atoms with Crippen LogP contribution in [0.1, 0.15) is 47.2 Å². The molecule has 3 aromatic rings. The van der Waals surface area contributed by atoms with Gasteiger partial charge in [-0.15, -0.1) is 0 Å². The molecule has 0 saturated carbocycles. The van der Waals surface area contributed by atoms with Gasteiger partial charge in [-0.1, -0.05) is 79.7 Å². The molecule has 0 spiro atoms. The highest BCUT2D eigenvalue weighted by atomic mass is 31.2. The van der Waals surface area contributed by atoms with Crippen LogP contribution < -0.4 is 21.7 Å². The Morgan fingerprint density at radius 2 is 1.59 bits per heavy atom. The van der Waals surface area contributed by atoms with Crippen molar-refractivity contribution in [2.75, 3.05) is 6.16 Å². The van der Waals surface area contributed by atoms with E-state index in [1.807, 2.05) is 30.3 Å². The first-order valence-corrected chi connectivity index (χ1v) is 14.8. The van der Waals surface area contributed by atoms with E-state index in [9.17, 15) is 28.6 Å². The third-order valence-corrected chi connectivity index (χ3v) is 8.08. The largest absolute Gasteiger partial charge is 0.459 e. The summed E-state index contributed by atoms with van der Waals surface area (Å²) in [5, 5.41) is 7.46. The van der Waals surface area contributed by atoms with Crippen LogP contribution in [0.4, 0.5) is 0 Å². The summed E-state index contributed by atoms with van der Waals surface area (Å²) in [7, 11) is -4.42. The SMILES string of the molecule is CC[C@H](NC(=O)CP(=O)(O)C(NC(=O)c1ccco1)c1ccccc1)C(=O)N[C@@H](C/C=C/c1ccccc1)C(N)=O. The van der Waals surface area contributed by atoms with Crippen LogP contribution in [0.3, 0.4) is 0 Å². The van der Waals surface area contributed by atoms with Crippen LogP contribution in [0.25, 0.3) is 6.08 Å². The first-order chi connectivity index (χ1) is 19.6. The van der Waals surface area contributed by atoms with Crippen molar-refractivity contribution < 1.29 is 33.1 Å². The van der Waals surface area contributed by atoms with Gasteiger partial charge in [-0.05, 0) is 36.1 Å². The lowest BCUT2D eigenvalue weighted by Gasteiger charge is -2.25. The average molecular weight is 581 g/mol. The number of hydrogen-bond donors (Lipinski definition) is 5. The van der Waals surface area contributed by atoms with E-state index < -0.39 is 55.0 Å². The third-order valence-electron chi connectivity index (χ3n) is 6.10. The van der Waals surface area contributed by atoms with Crippen LogP contribution in [0.5, 0.6) is 0 Å². The minimum absolute atomic E-state index is 0.0688. The molecule has 0 aliphatic carbocycles. The molecular formula is C29H33N4O7P. The van der Waals surface area contributed by atoms with Crippen molar-refractivity contribution >= 4 is 37.1 Å². The van der Waals surface area contributed by atoms with Gasteiger partial charge in [-0.25, -0.2) is 0 Å². The average Bonchev–Trinajstić information content (AvgIpc) is 3.50. The summed E-state index contributed by atoms with van der Waals surface area (Å²) in [4.78, 5) is 61.3. The molecule has 4 atom stereocenters. The monoisotopic (exact) mass is 580 g/mol. The number of carbonyl (C=O) groups excluding carboxylic acids is 4. The Morgan fingerprint density at radius 3 is 2.17 bits per heavy atom. The normalized spacial score (nSPS) is 14.8. The highest BCUT2D eigenvalue weighted by Gasteiger charge is 2.37. The number of primary amides is 1. The van der Waals surface area contributed by atoms with Crippen LogP contribution in [-0.2, 0) is 18.9 Å². The molecule has 0 fully saturated rings. The van der Waals surface area contributed by atoms with Gasteiger partial charge in [0.15, 0.2) is 5.76 Å². The molecule has 41 heavy (non-hydrogen) atoms. The second kappa shape index (κ2) is 14.8. The molecule has 6 N–H and O–H groups in total. The van der Waals surface area contributed by atoms with Crippen molar-refractivity contribution in [2.45, 2.75) is 37.6 Å². The molecule has 2 aromatic carbocycles. The van der Waals surface area contributed by atoms with Gasteiger partial charge < -0.3 is 31.0 Å². The quantitative estimate of drug-likeness (QED) is 0.182. The van der Waals surface area contributed by atoms with Crippen molar-refractivity contribution in [2.24, 2.45) is 5.73 Å². The fraction of sp³-hybridized carbons (Fsp3) is 0.241. The van der Waals surface area contributed by atoms with E-state index in [2.05, 4.69) is 16.0 Å². The summed E-state index contributed by atoms with van der Waals surface area (Å²) in [6, 6.07) is 18.2. The molecule has 12 heteroatoms. The lowest BCUT2D eigenvalue weighted by atomic mass is 10.1. The number of benzene rings is 2. The standard InChI is InChI=1S/C29H33N4O7P/c1-2-22(27(36)32-23(26(30)35)16-9-13-20-11-5-3-6-12-20)31-25(34)19-41(38,39)29(21-14-7-4-8-15-21)33-28(37)24-17-10-18-40-24/h3-15,17-18,22-23,29H,2,16,19H2,1H3,(H2,30,35)(H,31,34)(H,32,36)(H,33,37)(H,38,39)/b13-9+/t22-,23-,29?/m0/s1. The van der Waals surface area contributed by atoms with Gasteiger partial charge in [-0.2, -0.15) is 0 Å². The Balaban J connectivity index is 1.66. The fourth-order valence-corrected chi connectivity index (χ4v) is 5.61. The van der Waals surface area contributed by atoms with Gasteiger partial charge >= 0.3 is 0 Å². The maximum atomic E-state index is 13.5. The zero-order valence-corrected chi connectivity index (χ0v) is 23.3. The Morgan fingerprint density at radius 1 is 0.927 bits per heavy atom. The van der Waals surface area contributed by atoms with E-state index in [0.29, 0.717) is 5.56 Å². The number of nitrogens with one attached hydrogen (secondary N) is 3. The number of rotatable bonds is 14. The van der Waals surface area contributed by atoms with Crippen molar-refractivity contribution in [3.05, 3.63) is 102 Å². The number of carbonyl (C=O) groups is 4. The number of furan rings is 1. The van der Waals surface area contributed by atoms with Crippen molar-refractivity contribution in [1.82, 2.24) is 16.0 Å². The maximum absolute atomic E-state index is 13.5. The van der Waals surface area contributed by atoms with Gasteiger partial charge in [0.1, 0.15) is 24.0 Å². The molecule has 216 valence electrons. The Kier molecular flexibility index (Phi) is 11.2. The first kappa shape index (κ1) is 31.1. The molecule has 0 saturated heterocycles. The molecule has 11 nitrogen and oxygen atoms in total. The second-order valence-corrected chi connectivity index (χ2v) is 11.6. The summed E-state index contributed by atoms with van der Waals surface area (Å²) in [6.45, 7) is 1.63. The molecule has 3 rings (SSSR count). The fourth-order valence-electron chi connectivity index (χ4n) is 3.97. The highest BCUT2D eigenvalue weighted by Crippen LogP contribution is 2.53. The molecule has 0 bridgehead atoms. The van der Waals surface area contributed by atoms with Crippen molar-refractivity contribution in [3.63, 3.8) is 0 Å². The molecular weight excluding hydrogens is 547 g/mol. The van der Waals surface area contributed by atoms with Gasteiger partial charge in [-0.3, -0.25) is 23.7 Å². The smallest absolute Gasteiger partial charge is 0.287 e. The molecule has 0 aliphatic heterocycles. The highest BCUT2D eigenvalue weighted by molar-refractivity contribution is 7.59. The van der Waals surface area contributed by atoms with Crippen molar-refractivity contribution in [3.8, 4) is 0 Å². The zero-order valence-electron chi connectivity index (χ0n) is 22.4. The van der Waals surface area contributed by atoms with Gasteiger partial charge in [0.2, 0.25) is 25.1 Å². The minimum atomic E-state index is -4.42. The number of nitrogens with two attached hydrogens (primary N) is 1. The maximum Gasteiger partial charge on any atom is 0.287 e. The number of amides is 4. The minimum Gasteiger partial charge on any atom is -0.459 e. The van der Waals surface area contributed by atoms with Gasteiger partial charge in [0.25, 0.3) is 5.91 Å². The molecule has 0 aliphatic rings. The van der Waals surface area contributed by atoms with E-state index >= 15 is 0 Å². The summed E-state index contributed by atoms with van der Waals surface area (Å²) in [6.07, 6.45) is 4.15. The van der Waals surface area contributed by atoms with Gasteiger partial charge in [0, 0.05) is 0 Å². The predicted octanol–water partition coefficient (Wildman–Crippen LogP) is 2.95. The van der Waals surface area contributed by atoms with Crippen LogP contribution >= 0.6 is 7.37 Å². The molecule has 0 radical (unpaired) electrons. The van der Waals surface area contributed by atoms with Crippen LogP contribution in [0.15, 0.2) is 89.6 Å². The van der Waals surface area contributed by atoms with E-state index in [4.69, 9.17) is 10.2 Å². The third kappa shape index (κ3) is 9.30. The Bertz CT molecular complexity index is 1400. The Hall–Kier alpha value is -4.47. The van der Waals surface area contributed by atoms with E-state index in [1.165, 1.54) is 18.4 Å². The van der Waals surface area contributed by atoms with Crippen LogP contribution in [-0.4, -0.2) is 46.8 Å². The summed E-state index contributed by atoms with van der Waals surface area (Å²) < 4.78 is 18.5. The number of hydrogen-bond acceptors (Lipinski definition) is 6. The zero-order chi connectivity index (χ0) is 29.8. The lowest BCUT2D eigenvalue weighted by Crippen LogP contribution is -2.53. The Labute approximate surface area is 237 Å². The van der Waals surface area contributed by atoms with E-state index in [0.717, 1.165) is 5.56 Å². The summed E-state index contributed by atoms with van der Waals surface area (Å²) in [5.41, 5.74) is 6.68. The molecule has 1 aromatic heterocycles. The van der Waals surface area contributed by atoms with E-state index in [1.54, 1.807) is 49.4 Å². The van der Waals surface area contributed by atoms with Crippen LogP contribution in [0, 0.1) is 0 Å². The predicted molar refractivity (Wildman–Crippen MR) is 153 cm³/mol. The molecule has 2 unspecified atom stereocenters. The second-order valence-electron chi connectivity index (χ2n) is 9.22. The summed E-state index contributed by atoms with van der Waals surface area (Å²) in [5.74, 6) is -4.53. The topological polar surface area (TPSA) is 181 Å².